The average Bonchev–Trinajstić information content (AvgIpc) is 2.45. The molecule has 0 bridgehead atoms. The molecule has 0 saturated carbocycles. The number of benzene rings is 1. The van der Waals surface area contributed by atoms with E-state index in [0.29, 0.717) is 11.5 Å². The smallest absolute Gasteiger partial charge is 0.242 e. The van der Waals surface area contributed by atoms with E-state index in [0.717, 1.165) is 25.3 Å². The fraction of sp³-hybridized carbons (Fsp3) is 0.571. The number of likely N-dealkylation sites (N-methyl/N-ethyl adjacent to an activating group) is 1. The van der Waals surface area contributed by atoms with Gasteiger partial charge in [0.25, 0.3) is 0 Å². The molecule has 0 fully saturated rings. The first-order chi connectivity index (χ1) is 9.87. The van der Waals surface area contributed by atoms with Gasteiger partial charge in [0.1, 0.15) is 0 Å². The van der Waals surface area contributed by atoms with Gasteiger partial charge in [0.05, 0.1) is 11.5 Å². The third kappa shape index (κ3) is 5.62. The van der Waals surface area contributed by atoms with Crippen molar-refractivity contribution in [3.63, 3.8) is 0 Å². The van der Waals surface area contributed by atoms with Crippen LogP contribution >= 0.6 is 0 Å². The van der Waals surface area contributed by atoms with Crippen molar-refractivity contribution >= 4 is 15.7 Å². The van der Waals surface area contributed by atoms with E-state index in [9.17, 15) is 8.42 Å². The largest absolute Gasteiger partial charge is 0.384 e. The predicted octanol–water partition coefficient (Wildman–Crippen LogP) is 0.927. The molecule has 6 nitrogen and oxygen atoms in total. The number of nitrogens with zero attached hydrogens (tertiary/aromatic N) is 2. The van der Waals surface area contributed by atoms with Gasteiger partial charge in [0, 0.05) is 46.5 Å². The van der Waals surface area contributed by atoms with Gasteiger partial charge < -0.3 is 15.0 Å². The fourth-order valence-electron chi connectivity index (χ4n) is 1.71. The highest BCUT2D eigenvalue weighted by molar-refractivity contribution is 7.89. The van der Waals surface area contributed by atoms with Crippen molar-refractivity contribution in [1.82, 2.24) is 9.21 Å². The average molecular weight is 315 g/mol. The minimum Gasteiger partial charge on any atom is -0.384 e. The van der Waals surface area contributed by atoms with Crippen LogP contribution in [0.1, 0.15) is 0 Å². The molecule has 1 aromatic rings. The van der Waals surface area contributed by atoms with E-state index in [1.807, 2.05) is 7.05 Å². The molecular formula is C14H25N3O3S. The molecule has 0 saturated heterocycles. The van der Waals surface area contributed by atoms with Crippen molar-refractivity contribution in [3.8, 4) is 0 Å². The first kappa shape index (κ1) is 17.9. The van der Waals surface area contributed by atoms with E-state index in [-0.39, 0.29) is 0 Å². The predicted molar refractivity (Wildman–Crippen MR) is 85.2 cm³/mol. The van der Waals surface area contributed by atoms with Crippen LogP contribution < -0.4 is 5.32 Å². The van der Waals surface area contributed by atoms with E-state index in [1.54, 1.807) is 31.4 Å². The summed E-state index contributed by atoms with van der Waals surface area (Å²) >= 11 is 0. The molecule has 120 valence electrons. The van der Waals surface area contributed by atoms with Gasteiger partial charge in [0.2, 0.25) is 10.0 Å². The molecule has 1 aromatic carbocycles. The Morgan fingerprint density at radius 3 is 2.24 bits per heavy atom. The normalized spacial score (nSPS) is 12.1. The molecule has 7 heteroatoms. The van der Waals surface area contributed by atoms with Crippen molar-refractivity contribution in [2.24, 2.45) is 0 Å². The zero-order valence-corrected chi connectivity index (χ0v) is 14.0. The number of sulfonamides is 1. The van der Waals surface area contributed by atoms with Crippen molar-refractivity contribution in [3.05, 3.63) is 24.3 Å². The lowest BCUT2D eigenvalue weighted by molar-refractivity contribution is 0.163. The Bertz CT molecular complexity index is 515. The number of anilines is 1. The lowest BCUT2D eigenvalue weighted by atomic mass is 10.3. The van der Waals surface area contributed by atoms with Gasteiger partial charge in [-0.1, -0.05) is 0 Å². The lowest BCUT2D eigenvalue weighted by Crippen LogP contribution is -2.28. The summed E-state index contributed by atoms with van der Waals surface area (Å²) in [7, 11) is 3.42. The van der Waals surface area contributed by atoms with Crippen molar-refractivity contribution < 1.29 is 13.2 Å². The van der Waals surface area contributed by atoms with E-state index in [1.165, 1.54) is 18.4 Å². The molecule has 0 radical (unpaired) electrons. The first-order valence-corrected chi connectivity index (χ1v) is 8.26. The van der Waals surface area contributed by atoms with Gasteiger partial charge in [-0.25, -0.2) is 12.7 Å². The SMILES string of the molecule is COCCN(C)CCNc1ccc(S(=O)(=O)N(C)C)cc1. The quantitative estimate of drug-likeness (QED) is 0.734. The molecule has 0 spiro atoms. The molecular weight excluding hydrogens is 290 g/mol. The fourth-order valence-corrected chi connectivity index (χ4v) is 2.61. The second kappa shape index (κ2) is 8.33. The molecule has 0 aliphatic rings. The Morgan fingerprint density at radius 1 is 1.10 bits per heavy atom. The van der Waals surface area contributed by atoms with E-state index >= 15 is 0 Å². The van der Waals surface area contributed by atoms with Gasteiger partial charge in [0.15, 0.2) is 0 Å². The number of methoxy groups -OCH3 is 1. The van der Waals surface area contributed by atoms with Crippen LogP contribution in [0.5, 0.6) is 0 Å². The second-order valence-corrected chi connectivity index (χ2v) is 7.19. The maximum absolute atomic E-state index is 11.9. The van der Waals surface area contributed by atoms with E-state index < -0.39 is 10.0 Å². The highest BCUT2D eigenvalue weighted by Gasteiger charge is 2.16. The van der Waals surface area contributed by atoms with Crippen LogP contribution in [0.4, 0.5) is 5.69 Å². The Balaban J connectivity index is 2.49. The molecule has 0 heterocycles. The van der Waals surface area contributed by atoms with Crippen LogP contribution in [0.2, 0.25) is 0 Å². The summed E-state index contributed by atoms with van der Waals surface area (Å²) in [6.07, 6.45) is 0. The van der Waals surface area contributed by atoms with Crippen LogP contribution in [-0.2, 0) is 14.8 Å². The Morgan fingerprint density at radius 2 is 1.71 bits per heavy atom. The Hall–Kier alpha value is -1.15. The zero-order valence-electron chi connectivity index (χ0n) is 13.2. The van der Waals surface area contributed by atoms with E-state index in [2.05, 4.69) is 10.2 Å². The highest BCUT2D eigenvalue weighted by atomic mass is 32.2. The van der Waals surface area contributed by atoms with Gasteiger partial charge in [-0.05, 0) is 31.3 Å². The molecule has 0 amide bonds. The topological polar surface area (TPSA) is 61.9 Å². The van der Waals surface area contributed by atoms with Crippen LogP contribution in [0.3, 0.4) is 0 Å². The molecule has 0 atom stereocenters. The number of hydrogen-bond acceptors (Lipinski definition) is 5. The lowest BCUT2D eigenvalue weighted by Gasteiger charge is -2.17. The van der Waals surface area contributed by atoms with Crippen molar-refractivity contribution in [2.75, 3.05) is 59.8 Å². The van der Waals surface area contributed by atoms with Crippen molar-refractivity contribution in [2.45, 2.75) is 4.90 Å². The molecule has 21 heavy (non-hydrogen) atoms. The van der Waals surface area contributed by atoms with E-state index in [4.69, 9.17) is 4.74 Å². The maximum atomic E-state index is 11.9. The number of nitrogens with one attached hydrogen (secondary N) is 1. The highest BCUT2D eigenvalue weighted by Crippen LogP contribution is 2.16. The molecule has 0 aromatic heterocycles. The van der Waals surface area contributed by atoms with Gasteiger partial charge in [-0.3, -0.25) is 0 Å². The molecule has 1 rings (SSSR count). The number of ether oxygens (including phenoxy) is 1. The van der Waals surface area contributed by atoms with Gasteiger partial charge >= 0.3 is 0 Å². The summed E-state index contributed by atoms with van der Waals surface area (Å²) in [5.41, 5.74) is 0.910. The third-order valence-corrected chi connectivity index (χ3v) is 4.96. The molecule has 0 aliphatic heterocycles. The number of rotatable bonds is 9. The van der Waals surface area contributed by atoms with Gasteiger partial charge in [-0.15, -0.1) is 0 Å². The summed E-state index contributed by atoms with van der Waals surface area (Å²) < 4.78 is 30.1. The maximum Gasteiger partial charge on any atom is 0.242 e. The standard InChI is InChI=1S/C14H25N3O3S/c1-16(2)21(18,19)14-7-5-13(6-8-14)15-9-10-17(3)11-12-20-4/h5-8,15H,9-12H2,1-4H3. The van der Waals surface area contributed by atoms with Crippen LogP contribution in [0.15, 0.2) is 29.2 Å². The first-order valence-electron chi connectivity index (χ1n) is 6.82. The molecule has 1 N–H and O–H groups in total. The van der Waals surface area contributed by atoms with Crippen LogP contribution in [-0.4, -0.2) is 72.1 Å². The van der Waals surface area contributed by atoms with Gasteiger partial charge in [-0.2, -0.15) is 0 Å². The summed E-state index contributed by atoms with van der Waals surface area (Å²) in [4.78, 5) is 2.47. The second-order valence-electron chi connectivity index (χ2n) is 5.03. The summed E-state index contributed by atoms with van der Waals surface area (Å²) in [5.74, 6) is 0. The zero-order chi connectivity index (χ0) is 15.9. The van der Waals surface area contributed by atoms with Crippen LogP contribution in [0.25, 0.3) is 0 Å². The number of hydrogen-bond donors (Lipinski definition) is 1. The third-order valence-electron chi connectivity index (χ3n) is 3.13. The summed E-state index contributed by atoms with van der Waals surface area (Å²) in [5, 5.41) is 3.27. The minimum atomic E-state index is -3.35. The molecule has 0 unspecified atom stereocenters. The monoisotopic (exact) mass is 315 g/mol. The Labute approximate surface area is 127 Å². The summed E-state index contributed by atoms with van der Waals surface area (Å²) in [6, 6.07) is 6.80. The minimum absolute atomic E-state index is 0.301. The Kier molecular flexibility index (Phi) is 7.10. The molecule has 0 aliphatic carbocycles. The van der Waals surface area contributed by atoms with Crippen LogP contribution in [0, 0.1) is 0 Å². The summed E-state index contributed by atoms with van der Waals surface area (Å²) in [6.45, 7) is 3.28. The van der Waals surface area contributed by atoms with Crippen molar-refractivity contribution in [1.29, 1.82) is 0 Å².